The molecule has 0 saturated carbocycles. The Balaban J connectivity index is 0.000000169. The molecule has 0 amide bonds. The highest BCUT2D eigenvalue weighted by atomic mass is 32.1. The maximum atomic E-state index is 2.86. The molecule has 0 atom stereocenters. The average molecular weight is 251 g/mol. The summed E-state index contributed by atoms with van der Waals surface area (Å²) in [6.45, 7) is 0. The molecular formula is C16H13NS. The van der Waals surface area contributed by atoms with Crippen LogP contribution in [-0.2, 0) is 0 Å². The van der Waals surface area contributed by atoms with Crippen LogP contribution < -0.4 is 0 Å². The lowest BCUT2D eigenvalue weighted by Crippen LogP contribution is -1.62. The Bertz CT molecular complexity index is 670. The average Bonchev–Trinajstić information content (AvgIpc) is 3.10. The number of aromatic nitrogens is 1. The Morgan fingerprint density at radius 1 is 0.611 bits per heavy atom. The smallest absolute Gasteiger partial charge is 0.0355 e. The molecule has 0 spiro atoms. The number of rotatable bonds is 0. The minimum atomic E-state index is 1.38. The minimum Gasteiger partial charge on any atom is -0.368 e. The number of H-pyrrole nitrogens is 1. The number of hydrogen-bond donors (Lipinski definition) is 1. The van der Waals surface area contributed by atoms with E-state index in [-0.39, 0.29) is 0 Å². The molecule has 2 aromatic heterocycles. The first-order valence-electron chi connectivity index (χ1n) is 5.89. The fraction of sp³-hybridized carbons (Fsp3) is 0. The molecule has 2 aromatic carbocycles. The van der Waals surface area contributed by atoms with Gasteiger partial charge < -0.3 is 4.98 Å². The van der Waals surface area contributed by atoms with E-state index in [9.17, 15) is 0 Å². The van der Waals surface area contributed by atoms with Crippen LogP contribution in [0.1, 0.15) is 0 Å². The second-order valence-electron chi connectivity index (χ2n) is 3.98. The fourth-order valence-corrected chi connectivity index (χ4v) is 3.06. The van der Waals surface area contributed by atoms with Crippen LogP contribution in [0.3, 0.4) is 0 Å². The molecular weight excluding hydrogens is 238 g/mol. The lowest BCUT2D eigenvalue weighted by molar-refractivity contribution is 1.42. The molecule has 0 unspecified atom stereocenters. The van der Waals surface area contributed by atoms with E-state index in [1.165, 1.54) is 20.2 Å². The number of thiophene rings is 1. The highest BCUT2D eigenvalue weighted by molar-refractivity contribution is 7.25. The Kier molecular flexibility index (Phi) is 3.11. The molecule has 0 fully saturated rings. The number of benzene rings is 2. The van der Waals surface area contributed by atoms with E-state index in [1.54, 1.807) is 0 Å². The van der Waals surface area contributed by atoms with Crippen LogP contribution in [0.4, 0.5) is 0 Å². The van der Waals surface area contributed by atoms with Crippen molar-refractivity contribution >= 4 is 31.5 Å². The molecule has 2 heteroatoms. The van der Waals surface area contributed by atoms with Gasteiger partial charge in [0.05, 0.1) is 0 Å². The van der Waals surface area contributed by atoms with E-state index in [0.29, 0.717) is 0 Å². The van der Waals surface area contributed by atoms with Crippen LogP contribution in [0.5, 0.6) is 0 Å². The summed E-state index contributed by atoms with van der Waals surface area (Å²) in [6.07, 6.45) is 3.75. The molecule has 1 nitrogen and oxygen atoms in total. The van der Waals surface area contributed by atoms with E-state index in [0.717, 1.165) is 0 Å². The van der Waals surface area contributed by atoms with E-state index in [2.05, 4.69) is 53.5 Å². The number of nitrogens with one attached hydrogen (secondary N) is 1. The fourth-order valence-electron chi connectivity index (χ4n) is 1.95. The van der Waals surface area contributed by atoms with Crippen molar-refractivity contribution in [2.24, 2.45) is 0 Å². The maximum Gasteiger partial charge on any atom is 0.0355 e. The zero-order valence-corrected chi connectivity index (χ0v) is 10.7. The van der Waals surface area contributed by atoms with Crippen molar-refractivity contribution in [3.8, 4) is 0 Å². The molecule has 0 saturated heterocycles. The molecule has 2 heterocycles. The van der Waals surface area contributed by atoms with E-state index < -0.39 is 0 Å². The number of aromatic amines is 1. The third-order valence-electron chi connectivity index (χ3n) is 2.78. The van der Waals surface area contributed by atoms with Crippen LogP contribution in [0, 0.1) is 0 Å². The van der Waals surface area contributed by atoms with Gasteiger partial charge in [-0.15, -0.1) is 11.3 Å². The van der Waals surface area contributed by atoms with Crippen molar-refractivity contribution in [3.05, 3.63) is 73.1 Å². The topological polar surface area (TPSA) is 15.8 Å². The van der Waals surface area contributed by atoms with Gasteiger partial charge in [0.25, 0.3) is 0 Å². The van der Waals surface area contributed by atoms with Gasteiger partial charge in [-0.25, -0.2) is 0 Å². The van der Waals surface area contributed by atoms with Gasteiger partial charge in [-0.3, -0.25) is 0 Å². The van der Waals surface area contributed by atoms with Crippen LogP contribution in [-0.4, -0.2) is 4.98 Å². The van der Waals surface area contributed by atoms with Gasteiger partial charge in [-0.1, -0.05) is 36.4 Å². The summed E-state index contributed by atoms with van der Waals surface area (Å²) in [5, 5.41) is 2.76. The Hall–Kier alpha value is -2.06. The first-order chi connectivity index (χ1) is 8.95. The maximum absolute atomic E-state index is 2.86. The van der Waals surface area contributed by atoms with Crippen LogP contribution >= 0.6 is 11.3 Å². The molecule has 0 aliphatic heterocycles. The summed E-state index contributed by atoms with van der Waals surface area (Å²) in [6, 6.07) is 21.0. The van der Waals surface area contributed by atoms with Gasteiger partial charge in [-0.2, -0.15) is 0 Å². The summed E-state index contributed by atoms with van der Waals surface area (Å²) in [5.74, 6) is 0. The quantitative estimate of drug-likeness (QED) is 0.449. The minimum absolute atomic E-state index is 1.38. The van der Waals surface area contributed by atoms with Crippen molar-refractivity contribution in [3.63, 3.8) is 0 Å². The molecule has 0 radical (unpaired) electrons. The van der Waals surface area contributed by atoms with E-state index >= 15 is 0 Å². The van der Waals surface area contributed by atoms with Gasteiger partial charge in [-0.05, 0) is 24.3 Å². The van der Waals surface area contributed by atoms with Crippen LogP contribution in [0.25, 0.3) is 20.2 Å². The SMILES string of the molecule is c1cc[nH]c1.c1ccc2c(c1)sc1ccccc12. The van der Waals surface area contributed by atoms with Crippen LogP contribution in [0.2, 0.25) is 0 Å². The third-order valence-corrected chi connectivity index (χ3v) is 3.93. The Labute approximate surface area is 110 Å². The van der Waals surface area contributed by atoms with Crippen molar-refractivity contribution < 1.29 is 0 Å². The van der Waals surface area contributed by atoms with Gasteiger partial charge in [0.15, 0.2) is 0 Å². The van der Waals surface area contributed by atoms with Gasteiger partial charge in [0.1, 0.15) is 0 Å². The second kappa shape index (κ2) is 5.07. The van der Waals surface area contributed by atoms with Gasteiger partial charge in [0, 0.05) is 32.6 Å². The molecule has 0 bridgehead atoms. The second-order valence-corrected chi connectivity index (χ2v) is 5.06. The summed E-state index contributed by atoms with van der Waals surface area (Å²) in [5.41, 5.74) is 0. The highest BCUT2D eigenvalue weighted by Gasteiger charge is 2.01. The monoisotopic (exact) mass is 251 g/mol. The molecule has 18 heavy (non-hydrogen) atoms. The predicted molar refractivity (Wildman–Crippen MR) is 80.1 cm³/mol. The largest absolute Gasteiger partial charge is 0.368 e. The molecule has 4 aromatic rings. The summed E-state index contributed by atoms with van der Waals surface area (Å²) < 4.78 is 2.76. The summed E-state index contributed by atoms with van der Waals surface area (Å²) in [4.78, 5) is 2.86. The third kappa shape index (κ3) is 2.15. The molecule has 0 aliphatic carbocycles. The zero-order chi connectivity index (χ0) is 12.2. The zero-order valence-electron chi connectivity index (χ0n) is 9.84. The van der Waals surface area contributed by atoms with Crippen molar-refractivity contribution in [2.75, 3.05) is 0 Å². The summed E-state index contributed by atoms with van der Waals surface area (Å²) in [7, 11) is 0. The summed E-state index contributed by atoms with van der Waals surface area (Å²) >= 11 is 1.86. The first-order valence-corrected chi connectivity index (χ1v) is 6.71. The van der Waals surface area contributed by atoms with E-state index in [4.69, 9.17) is 0 Å². The number of hydrogen-bond acceptors (Lipinski definition) is 1. The lowest BCUT2D eigenvalue weighted by Gasteiger charge is -1.88. The highest BCUT2D eigenvalue weighted by Crippen LogP contribution is 2.32. The number of fused-ring (bicyclic) bond motifs is 3. The van der Waals surface area contributed by atoms with Gasteiger partial charge in [0.2, 0.25) is 0 Å². The molecule has 1 N–H and O–H groups in total. The normalized spacial score (nSPS) is 10.2. The van der Waals surface area contributed by atoms with Gasteiger partial charge >= 0.3 is 0 Å². The lowest BCUT2D eigenvalue weighted by atomic mass is 10.2. The standard InChI is InChI=1S/C12H8S.C4H5N/c1-3-7-11-9(5-1)10-6-2-4-8-12(10)13-11;1-2-4-5-3-1/h1-8H;1-5H. The Morgan fingerprint density at radius 3 is 1.56 bits per heavy atom. The van der Waals surface area contributed by atoms with Crippen LogP contribution in [0.15, 0.2) is 73.1 Å². The first kappa shape index (κ1) is 11.1. The van der Waals surface area contributed by atoms with Crippen molar-refractivity contribution in [2.45, 2.75) is 0 Å². The molecule has 4 rings (SSSR count). The van der Waals surface area contributed by atoms with Crippen molar-refractivity contribution in [1.82, 2.24) is 4.98 Å². The molecule has 0 aliphatic rings. The van der Waals surface area contributed by atoms with Crippen molar-refractivity contribution in [1.29, 1.82) is 0 Å². The molecule has 88 valence electrons. The Morgan fingerprint density at radius 2 is 1.11 bits per heavy atom. The predicted octanol–water partition coefficient (Wildman–Crippen LogP) is 5.07. The van der Waals surface area contributed by atoms with E-state index in [1.807, 2.05) is 35.9 Å².